The number of carbonyl (C=O) groups is 1. The van der Waals surface area contributed by atoms with E-state index >= 15 is 0 Å². The number of hydrogen-bond acceptors (Lipinski definition) is 3. The maximum atomic E-state index is 13.2. The molecule has 0 fully saturated rings. The largest absolute Gasteiger partial charge is 0.481 e. The molecule has 18 heavy (non-hydrogen) atoms. The number of fused-ring (bicyclic) bond motifs is 1. The van der Waals surface area contributed by atoms with Crippen molar-refractivity contribution in [2.75, 3.05) is 11.9 Å². The maximum absolute atomic E-state index is 13.2. The number of pyridine rings is 1. The third-order valence-corrected chi connectivity index (χ3v) is 2.59. The van der Waals surface area contributed by atoms with E-state index in [1.54, 1.807) is 18.3 Å². The first-order valence-electron chi connectivity index (χ1n) is 5.67. The van der Waals surface area contributed by atoms with Gasteiger partial charge in [-0.3, -0.25) is 4.79 Å². The second-order valence-corrected chi connectivity index (χ2v) is 3.95. The molecule has 0 radical (unpaired) electrons. The molecule has 0 atom stereocenters. The molecule has 1 aromatic heterocycles. The normalized spacial score (nSPS) is 10.5. The monoisotopic (exact) mass is 248 g/mol. The van der Waals surface area contributed by atoms with Gasteiger partial charge in [0.25, 0.3) is 0 Å². The lowest BCUT2D eigenvalue weighted by Gasteiger charge is -2.08. The number of halogens is 1. The molecule has 0 saturated heterocycles. The van der Waals surface area contributed by atoms with E-state index in [9.17, 15) is 9.18 Å². The summed E-state index contributed by atoms with van der Waals surface area (Å²) in [4.78, 5) is 14.5. The topological polar surface area (TPSA) is 62.2 Å². The van der Waals surface area contributed by atoms with E-state index in [4.69, 9.17) is 5.11 Å². The zero-order chi connectivity index (χ0) is 13.0. The number of carboxylic acids is 1. The van der Waals surface area contributed by atoms with E-state index in [1.807, 2.05) is 0 Å². The highest BCUT2D eigenvalue weighted by Crippen LogP contribution is 2.21. The average Bonchev–Trinajstić information content (AvgIpc) is 2.34. The molecule has 0 aliphatic rings. The molecular weight excluding hydrogens is 235 g/mol. The average molecular weight is 248 g/mol. The Morgan fingerprint density at radius 2 is 2.22 bits per heavy atom. The summed E-state index contributed by atoms with van der Waals surface area (Å²) in [6, 6.07) is 6.31. The van der Waals surface area contributed by atoms with Crippen molar-refractivity contribution in [2.45, 2.75) is 12.8 Å². The first-order chi connectivity index (χ1) is 8.66. The molecule has 0 aliphatic carbocycles. The minimum absolute atomic E-state index is 0.103. The van der Waals surface area contributed by atoms with Crippen LogP contribution in [0, 0.1) is 5.82 Å². The third-order valence-electron chi connectivity index (χ3n) is 2.59. The van der Waals surface area contributed by atoms with Gasteiger partial charge in [-0.1, -0.05) is 6.07 Å². The van der Waals surface area contributed by atoms with Crippen molar-refractivity contribution < 1.29 is 14.3 Å². The highest BCUT2D eigenvalue weighted by molar-refractivity contribution is 5.91. The third kappa shape index (κ3) is 2.94. The smallest absolute Gasteiger partial charge is 0.303 e. The predicted octanol–water partition coefficient (Wildman–Crippen LogP) is 2.65. The van der Waals surface area contributed by atoms with Gasteiger partial charge in [-0.2, -0.15) is 0 Å². The summed E-state index contributed by atoms with van der Waals surface area (Å²) in [5.41, 5.74) is 0. The maximum Gasteiger partial charge on any atom is 0.303 e. The Bertz CT molecular complexity index is 572. The molecule has 0 unspecified atom stereocenters. The van der Waals surface area contributed by atoms with Crippen LogP contribution < -0.4 is 5.32 Å². The molecule has 0 bridgehead atoms. The van der Waals surface area contributed by atoms with Crippen LogP contribution in [0.1, 0.15) is 12.8 Å². The van der Waals surface area contributed by atoms with Crippen LogP contribution in [0.2, 0.25) is 0 Å². The summed E-state index contributed by atoms with van der Waals surface area (Å²) in [6.07, 6.45) is 2.24. The van der Waals surface area contributed by atoms with Crippen LogP contribution in [-0.2, 0) is 4.79 Å². The molecule has 1 aromatic carbocycles. The Morgan fingerprint density at radius 1 is 1.39 bits per heavy atom. The number of anilines is 1. The number of benzene rings is 1. The number of rotatable bonds is 5. The van der Waals surface area contributed by atoms with E-state index in [2.05, 4.69) is 10.3 Å². The minimum atomic E-state index is -0.825. The van der Waals surface area contributed by atoms with Gasteiger partial charge in [0, 0.05) is 24.5 Å². The van der Waals surface area contributed by atoms with Crippen molar-refractivity contribution in [3.8, 4) is 0 Å². The van der Waals surface area contributed by atoms with Gasteiger partial charge in [0.15, 0.2) is 0 Å². The molecule has 2 N–H and O–H groups in total. The zero-order valence-electron chi connectivity index (χ0n) is 9.69. The van der Waals surface area contributed by atoms with Crippen molar-refractivity contribution in [3.05, 3.63) is 36.3 Å². The van der Waals surface area contributed by atoms with Crippen LogP contribution in [0.5, 0.6) is 0 Å². The number of hydrogen-bond donors (Lipinski definition) is 2. The molecule has 0 spiro atoms. The fourth-order valence-corrected chi connectivity index (χ4v) is 1.73. The van der Waals surface area contributed by atoms with E-state index < -0.39 is 5.97 Å². The number of nitrogens with one attached hydrogen (secondary N) is 1. The summed E-state index contributed by atoms with van der Waals surface area (Å²) >= 11 is 0. The Morgan fingerprint density at radius 3 is 3.00 bits per heavy atom. The summed E-state index contributed by atoms with van der Waals surface area (Å²) in [5, 5.41) is 13.2. The lowest BCUT2D eigenvalue weighted by Crippen LogP contribution is -2.06. The SMILES string of the molecule is O=C(O)CCCNc1nccc2ccc(F)cc12. The highest BCUT2D eigenvalue weighted by Gasteiger charge is 2.03. The van der Waals surface area contributed by atoms with Gasteiger partial charge >= 0.3 is 5.97 Å². The molecule has 2 rings (SSSR count). The second-order valence-electron chi connectivity index (χ2n) is 3.95. The fraction of sp³-hybridized carbons (Fsp3) is 0.231. The summed E-state index contributed by atoms with van der Waals surface area (Å²) in [5.74, 6) is -0.560. The second kappa shape index (κ2) is 5.44. The molecule has 5 heteroatoms. The molecule has 0 aliphatic heterocycles. The van der Waals surface area contributed by atoms with Crippen molar-refractivity contribution in [1.82, 2.24) is 4.98 Å². The minimum Gasteiger partial charge on any atom is -0.481 e. The Hall–Kier alpha value is -2.17. The standard InChI is InChI=1S/C13H13FN2O2/c14-10-4-3-9-5-7-16-13(11(9)8-10)15-6-1-2-12(17)18/h3-5,7-8H,1-2,6H2,(H,15,16)(H,17,18). The van der Waals surface area contributed by atoms with Crippen LogP contribution in [0.3, 0.4) is 0 Å². The van der Waals surface area contributed by atoms with Crippen LogP contribution >= 0.6 is 0 Å². The van der Waals surface area contributed by atoms with Gasteiger partial charge in [-0.05, 0) is 30.0 Å². The fourth-order valence-electron chi connectivity index (χ4n) is 1.73. The van der Waals surface area contributed by atoms with E-state index in [0.717, 1.165) is 5.39 Å². The molecule has 0 amide bonds. The Labute approximate surface area is 103 Å². The van der Waals surface area contributed by atoms with Crippen molar-refractivity contribution in [1.29, 1.82) is 0 Å². The van der Waals surface area contributed by atoms with Crippen LogP contribution in [-0.4, -0.2) is 22.6 Å². The first-order valence-corrected chi connectivity index (χ1v) is 5.67. The van der Waals surface area contributed by atoms with Crippen LogP contribution in [0.25, 0.3) is 10.8 Å². The molecule has 0 saturated carbocycles. The van der Waals surface area contributed by atoms with Crippen molar-refractivity contribution in [2.24, 2.45) is 0 Å². The molecule has 1 heterocycles. The summed E-state index contributed by atoms with van der Waals surface area (Å²) in [7, 11) is 0. The van der Waals surface area contributed by atoms with Gasteiger partial charge in [-0.25, -0.2) is 9.37 Å². The predicted molar refractivity (Wildman–Crippen MR) is 67.1 cm³/mol. The molecule has 4 nitrogen and oxygen atoms in total. The summed E-state index contributed by atoms with van der Waals surface area (Å²) < 4.78 is 13.2. The van der Waals surface area contributed by atoms with Gasteiger partial charge < -0.3 is 10.4 Å². The number of aromatic nitrogens is 1. The lowest BCUT2D eigenvalue weighted by atomic mass is 10.1. The van der Waals surface area contributed by atoms with Crippen molar-refractivity contribution in [3.63, 3.8) is 0 Å². The van der Waals surface area contributed by atoms with Crippen molar-refractivity contribution >= 4 is 22.6 Å². The van der Waals surface area contributed by atoms with Gasteiger partial charge in [-0.15, -0.1) is 0 Å². The number of carboxylic acid groups (broad SMARTS) is 1. The Balaban J connectivity index is 2.12. The quantitative estimate of drug-likeness (QED) is 0.798. The first kappa shape index (κ1) is 12.3. The van der Waals surface area contributed by atoms with E-state index in [1.165, 1.54) is 12.1 Å². The Kier molecular flexibility index (Phi) is 3.72. The molecule has 2 aromatic rings. The molecule has 94 valence electrons. The van der Waals surface area contributed by atoms with Gasteiger partial charge in [0.1, 0.15) is 11.6 Å². The highest BCUT2D eigenvalue weighted by atomic mass is 19.1. The van der Waals surface area contributed by atoms with Gasteiger partial charge in [0.05, 0.1) is 0 Å². The lowest BCUT2D eigenvalue weighted by molar-refractivity contribution is -0.137. The van der Waals surface area contributed by atoms with Crippen LogP contribution in [0.4, 0.5) is 10.2 Å². The molecular formula is C13H13FN2O2. The van der Waals surface area contributed by atoms with Crippen LogP contribution in [0.15, 0.2) is 30.5 Å². The van der Waals surface area contributed by atoms with E-state index in [0.29, 0.717) is 24.2 Å². The number of nitrogens with zero attached hydrogens (tertiary/aromatic N) is 1. The summed E-state index contributed by atoms with van der Waals surface area (Å²) in [6.45, 7) is 0.495. The zero-order valence-corrected chi connectivity index (χ0v) is 9.69. The van der Waals surface area contributed by atoms with E-state index in [-0.39, 0.29) is 12.2 Å². The van der Waals surface area contributed by atoms with Gasteiger partial charge in [0.2, 0.25) is 0 Å². The number of aliphatic carboxylic acids is 1.